The average molecular weight is 496 g/mol. The van der Waals surface area contributed by atoms with E-state index in [2.05, 4.69) is 16.3 Å². The maximum absolute atomic E-state index is 13.1. The van der Waals surface area contributed by atoms with Gasteiger partial charge in [0.25, 0.3) is 0 Å². The predicted octanol–water partition coefficient (Wildman–Crippen LogP) is 4.61. The van der Waals surface area contributed by atoms with Crippen LogP contribution in [0.15, 0.2) is 29.6 Å². The summed E-state index contributed by atoms with van der Waals surface area (Å²) in [6.45, 7) is 0.904. The number of cyclic esters (lactones) is 1. The molecule has 0 bridgehead atoms. The summed E-state index contributed by atoms with van der Waals surface area (Å²) < 4.78 is 34.8. The van der Waals surface area contributed by atoms with Gasteiger partial charge in [-0.25, -0.2) is 4.79 Å². The van der Waals surface area contributed by atoms with Gasteiger partial charge in [0.05, 0.1) is 27.4 Å². The number of likely N-dealkylation sites (N-methyl/N-ethyl adjacent to an activating group) is 1. The van der Waals surface area contributed by atoms with E-state index in [0.717, 1.165) is 40.1 Å². The van der Waals surface area contributed by atoms with Gasteiger partial charge in [0.2, 0.25) is 12.5 Å². The molecule has 0 N–H and O–H groups in total. The summed E-state index contributed by atoms with van der Waals surface area (Å²) in [6.07, 6.45) is 0.231. The van der Waals surface area contributed by atoms with Gasteiger partial charge in [0.1, 0.15) is 11.7 Å². The van der Waals surface area contributed by atoms with Crippen LogP contribution in [0.5, 0.6) is 28.7 Å². The Kier molecular flexibility index (Phi) is 5.26. The zero-order chi connectivity index (χ0) is 24.3. The molecule has 2 atom stereocenters. The van der Waals surface area contributed by atoms with Gasteiger partial charge in [-0.3, -0.25) is 4.90 Å². The van der Waals surface area contributed by atoms with Gasteiger partial charge in [-0.1, -0.05) is 12.1 Å². The van der Waals surface area contributed by atoms with Crippen molar-refractivity contribution < 1.29 is 33.2 Å². The molecule has 4 heterocycles. The van der Waals surface area contributed by atoms with E-state index < -0.39 is 12.1 Å². The average Bonchev–Trinajstić information content (AvgIpc) is 3.63. The molecule has 0 saturated carbocycles. The van der Waals surface area contributed by atoms with Crippen LogP contribution in [0.4, 0.5) is 0 Å². The number of hydrogen-bond acceptors (Lipinski definition) is 9. The highest BCUT2D eigenvalue weighted by molar-refractivity contribution is 7.13. The van der Waals surface area contributed by atoms with Crippen LogP contribution in [0.1, 0.15) is 39.2 Å². The van der Waals surface area contributed by atoms with Crippen molar-refractivity contribution in [2.24, 2.45) is 0 Å². The summed E-state index contributed by atoms with van der Waals surface area (Å²) in [7, 11) is 6.75. The van der Waals surface area contributed by atoms with Gasteiger partial charge in [-0.05, 0) is 36.5 Å². The first kappa shape index (κ1) is 22.1. The Labute approximate surface area is 206 Å². The van der Waals surface area contributed by atoms with Crippen LogP contribution < -0.4 is 23.7 Å². The highest BCUT2D eigenvalue weighted by Gasteiger charge is 2.47. The number of nitrogens with zero attached hydrogens (tertiary/aromatic N) is 1. The molecule has 3 aliphatic rings. The minimum Gasteiger partial charge on any atom is -0.493 e. The fraction of sp³-hybridized carbons (Fsp3) is 0.346. The van der Waals surface area contributed by atoms with Crippen LogP contribution in [0.2, 0.25) is 0 Å². The number of benzene rings is 2. The van der Waals surface area contributed by atoms with Crippen molar-refractivity contribution in [3.05, 3.63) is 51.9 Å². The number of hydrogen-bond donors (Lipinski definition) is 0. The number of carbonyl (C=O) groups is 1. The van der Waals surface area contributed by atoms with E-state index in [4.69, 9.17) is 28.4 Å². The van der Waals surface area contributed by atoms with Crippen molar-refractivity contribution in [3.63, 3.8) is 0 Å². The number of rotatable bonds is 5. The maximum atomic E-state index is 13.1. The minimum absolute atomic E-state index is 0.131. The molecule has 0 aliphatic carbocycles. The first-order chi connectivity index (χ1) is 17.1. The monoisotopic (exact) mass is 495 g/mol. The fourth-order valence-corrected chi connectivity index (χ4v) is 6.31. The van der Waals surface area contributed by atoms with Crippen LogP contribution in [-0.4, -0.2) is 52.6 Å². The summed E-state index contributed by atoms with van der Waals surface area (Å²) in [6, 6.07) is 7.51. The number of esters is 1. The molecule has 3 aliphatic heterocycles. The zero-order valence-corrected chi connectivity index (χ0v) is 20.7. The number of ether oxygens (including phenoxy) is 6. The van der Waals surface area contributed by atoms with Crippen molar-refractivity contribution in [1.82, 2.24) is 4.90 Å². The van der Waals surface area contributed by atoms with Gasteiger partial charge in [-0.2, -0.15) is 0 Å². The molecule has 35 heavy (non-hydrogen) atoms. The molecule has 9 heteroatoms. The van der Waals surface area contributed by atoms with E-state index in [1.807, 2.05) is 25.2 Å². The van der Waals surface area contributed by atoms with Crippen LogP contribution in [0.25, 0.3) is 10.4 Å². The molecular formula is C26H25NO7S. The Bertz CT molecular complexity index is 1320. The second kappa shape index (κ2) is 8.35. The number of fused-ring (bicyclic) bond motifs is 3. The van der Waals surface area contributed by atoms with Crippen molar-refractivity contribution in [2.45, 2.75) is 18.6 Å². The van der Waals surface area contributed by atoms with Crippen molar-refractivity contribution >= 4 is 17.3 Å². The molecule has 2 aromatic carbocycles. The Morgan fingerprint density at radius 2 is 1.80 bits per heavy atom. The molecule has 0 radical (unpaired) electrons. The van der Waals surface area contributed by atoms with E-state index in [0.29, 0.717) is 34.3 Å². The largest absolute Gasteiger partial charge is 0.493 e. The van der Waals surface area contributed by atoms with Crippen molar-refractivity contribution in [1.29, 1.82) is 0 Å². The molecule has 0 saturated heterocycles. The van der Waals surface area contributed by atoms with E-state index in [1.165, 1.54) is 7.11 Å². The molecule has 2 unspecified atom stereocenters. The SMILES string of the molecule is COc1ccc2c(c1OC)C(=O)OC2C1c2c(c(-c3cccs3)c3c(c2OC)OCO3)CCN1C. The molecule has 0 spiro atoms. The number of carbonyl (C=O) groups excluding carboxylic acids is 1. The smallest absolute Gasteiger partial charge is 0.343 e. The van der Waals surface area contributed by atoms with E-state index in [9.17, 15) is 4.79 Å². The van der Waals surface area contributed by atoms with Crippen LogP contribution in [0, 0.1) is 0 Å². The first-order valence-corrected chi connectivity index (χ1v) is 12.2. The Morgan fingerprint density at radius 1 is 1.00 bits per heavy atom. The summed E-state index contributed by atoms with van der Waals surface area (Å²) in [5.41, 5.74) is 4.26. The third-order valence-corrected chi connectivity index (χ3v) is 7.87. The van der Waals surface area contributed by atoms with Gasteiger partial charge in [0, 0.05) is 28.1 Å². The topological polar surface area (TPSA) is 75.7 Å². The Balaban J connectivity index is 1.59. The van der Waals surface area contributed by atoms with Gasteiger partial charge < -0.3 is 28.4 Å². The highest BCUT2D eigenvalue weighted by atomic mass is 32.1. The lowest BCUT2D eigenvalue weighted by Crippen LogP contribution is -2.36. The maximum Gasteiger partial charge on any atom is 0.343 e. The molecule has 0 amide bonds. The Hall–Kier alpha value is -3.43. The predicted molar refractivity (Wildman–Crippen MR) is 129 cm³/mol. The lowest BCUT2D eigenvalue weighted by molar-refractivity contribution is 0.00878. The van der Waals surface area contributed by atoms with Gasteiger partial charge in [0.15, 0.2) is 23.0 Å². The molecular weight excluding hydrogens is 470 g/mol. The first-order valence-electron chi connectivity index (χ1n) is 11.3. The lowest BCUT2D eigenvalue weighted by atomic mass is 9.82. The van der Waals surface area contributed by atoms with Crippen LogP contribution in [-0.2, 0) is 11.2 Å². The second-order valence-corrected chi connectivity index (χ2v) is 9.56. The molecule has 1 aromatic heterocycles. The fourth-order valence-electron chi connectivity index (χ4n) is 5.51. The van der Waals surface area contributed by atoms with E-state index in [-0.39, 0.29) is 12.8 Å². The van der Waals surface area contributed by atoms with Crippen LogP contribution >= 0.6 is 11.3 Å². The second-order valence-electron chi connectivity index (χ2n) is 8.61. The summed E-state index contributed by atoms with van der Waals surface area (Å²) >= 11 is 1.65. The molecule has 182 valence electrons. The summed E-state index contributed by atoms with van der Waals surface area (Å²) in [5.74, 6) is 2.36. The lowest BCUT2D eigenvalue weighted by Gasteiger charge is -2.39. The van der Waals surface area contributed by atoms with E-state index in [1.54, 1.807) is 25.6 Å². The molecule has 3 aromatic rings. The van der Waals surface area contributed by atoms with Crippen LogP contribution in [0.3, 0.4) is 0 Å². The quantitative estimate of drug-likeness (QED) is 0.475. The summed E-state index contributed by atoms with van der Waals surface area (Å²) in [4.78, 5) is 16.4. The number of thiophene rings is 1. The zero-order valence-electron chi connectivity index (χ0n) is 19.9. The third-order valence-electron chi connectivity index (χ3n) is 6.98. The van der Waals surface area contributed by atoms with Crippen molar-refractivity contribution in [3.8, 4) is 39.2 Å². The highest BCUT2D eigenvalue weighted by Crippen LogP contribution is 2.59. The van der Waals surface area contributed by atoms with E-state index >= 15 is 0 Å². The van der Waals surface area contributed by atoms with Gasteiger partial charge >= 0.3 is 5.97 Å². The standard InChI is InChI=1S/C26H25NO7S/c1-27-10-9-13-17(16-6-5-11-35-16)24-25(33-12-32-24)23(31-4)18(13)20(27)21-14-7-8-15(29-2)22(30-3)19(14)26(28)34-21/h5-8,11,20-21H,9-10,12H2,1-4H3. The molecule has 6 rings (SSSR count). The summed E-state index contributed by atoms with van der Waals surface area (Å²) in [5, 5.41) is 2.05. The normalized spacial score (nSPS) is 20.3. The van der Waals surface area contributed by atoms with Crippen molar-refractivity contribution in [2.75, 3.05) is 41.7 Å². The molecule has 0 fully saturated rings. The number of methoxy groups -OCH3 is 3. The van der Waals surface area contributed by atoms with Gasteiger partial charge in [-0.15, -0.1) is 11.3 Å². The minimum atomic E-state index is -0.563. The third kappa shape index (κ3) is 3.11. The Morgan fingerprint density at radius 3 is 2.51 bits per heavy atom. The molecule has 8 nitrogen and oxygen atoms in total.